The number of hydrogen-bond acceptors (Lipinski definition) is 10. The third-order valence-corrected chi connectivity index (χ3v) is 5.24. The average molecular weight is 426 g/mol. The Labute approximate surface area is 166 Å². The average Bonchev–Trinajstić information content (AvgIpc) is 2.98. The van der Waals surface area contributed by atoms with E-state index in [4.69, 9.17) is 38.9 Å². The number of rotatable bonds is 5. The molecule has 1 aromatic carbocycles. The Bertz CT molecular complexity index is 1010. The van der Waals surface area contributed by atoms with Gasteiger partial charge < -0.3 is 10.5 Å². The van der Waals surface area contributed by atoms with Gasteiger partial charge in [0.15, 0.2) is 21.9 Å². The van der Waals surface area contributed by atoms with Crippen LogP contribution in [0, 0.1) is 18.3 Å². The van der Waals surface area contributed by atoms with Gasteiger partial charge in [-0.25, -0.2) is 4.98 Å². The largest absolute Gasteiger partial charge is 0.477 e. The molecular formula is C14H9Cl2N7OS2. The first kappa shape index (κ1) is 18.6. The molecule has 0 saturated heterocycles. The first-order valence-corrected chi connectivity index (χ1v) is 9.34. The van der Waals surface area contributed by atoms with Gasteiger partial charge in [0.05, 0.1) is 10.0 Å². The quantitative estimate of drug-likeness (QED) is 0.651. The van der Waals surface area contributed by atoms with E-state index in [9.17, 15) is 0 Å². The predicted molar refractivity (Wildman–Crippen MR) is 99.6 cm³/mol. The van der Waals surface area contributed by atoms with Crippen LogP contribution in [-0.2, 0) is 0 Å². The topological polar surface area (TPSA) is 123 Å². The van der Waals surface area contributed by atoms with Crippen molar-refractivity contribution in [3.63, 3.8) is 0 Å². The summed E-state index contributed by atoms with van der Waals surface area (Å²) in [5.74, 6) is 0.578. The zero-order valence-corrected chi connectivity index (χ0v) is 16.2. The van der Waals surface area contributed by atoms with Crippen molar-refractivity contribution in [3.8, 4) is 23.2 Å². The molecule has 26 heavy (non-hydrogen) atoms. The predicted octanol–water partition coefficient (Wildman–Crippen LogP) is 3.64. The molecule has 3 rings (SSSR count). The maximum atomic E-state index is 8.67. The molecule has 0 aliphatic carbocycles. The number of nitrogens with two attached hydrogens (primary N) is 1. The molecule has 132 valence electrons. The molecule has 2 heterocycles. The molecule has 0 aliphatic rings. The van der Waals surface area contributed by atoms with Gasteiger partial charge in [0, 0.05) is 5.56 Å². The maximum Gasteiger partial charge on any atom is 0.224 e. The van der Waals surface area contributed by atoms with E-state index in [1.54, 1.807) is 6.07 Å². The number of benzene rings is 1. The molecule has 0 fully saturated rings. The van der Waals surface area contributed by atoms with Crippen LogP contribution < -0.4 is 10.5 Å². The zero-order valence-electron chi connectivity index (χ0n) is 13.1. The van der Waals surface area contributed by atoms with Crippen LogP contribution in [0.25, 0.3) is 11.4 Å². The van der Waals surface area contributed by atoms with Crippen LogP contribution in [0.1, 0.15) is 5.01 Å². The van der Waals surface area contributed by atoms with Gasteiger partial charge >= 0.3 is 0 Å². The molecule has 0 aliphatic heterocycles. The summed E-state index contributed by atoms with van der Waals surface area (Å²) >= 11 is 15.0. The molecule has 0 unspecified atom stereocenters. The number of nitrogens with zero attached hydrogens (tertiary/aromatic N) is 6. The smallest absolute Gasteiger partial charge is 0.224 e. The minimum atomic E-state index is -0.155. The second-order valence-corrected chi connectivity index (χ2v) is 7.91. The summed E-state index contributed by atoms with van der Waals surface area (Å²) in [5.41, 5.74) is 6.25. The van der Waals surface area contributed by atoms with E-state index in [0.717, 1.165) is 5.01 Å². The summed E-state index contributed by atoms with van der Waals surface area (Å²) in [6, 6.07) is 4.92. The van der Waals surface area contributed by atoms with Crippen LogP contribution in [0.15, 0.2) is 21.6 Å². The number of hydrogen-bond donors (Lipinski definition) is 1. The van der Waals surface area contributed by atoms with Gasteiger partial charge in [-0.15, -0.1) is 10.2 Å². The van der Waals surface area contributed by atoms with Crippen molar-refractivity contribution in [1.29, 1.82) is 5.26 Å². The van der Waals surface area contributed by atoms with E-state index >= 15 is 0 Å². The molecule has 2 aromatic heterocycles. The SMILES string of the molecule is Cc1nnc(Sc2nc(N)nc(-c3cc(OCC#N)c(Cl)cc3Cl)n2)s1. The van der Waals surface area contributed by atoms with Crippen LogP contribution in [-0.4, -0.2) is 31.8 Å². The van der Waals surface area contributed by atoms with Crippen LogP contribution in [0.4, 0.5) is 5.95 Å². The van der Waals surface area contributed by atoms with Gasteiger partial charge in [-0.05, 0) is 30.8 Å². The molecule has 3 aromatic rings. The highest BCUT2D eigenvalue weighted by molar-refractivity contribution is 8.00. The van der Waals surface area contributed by atoms with Gasteiger partial charge in [0.2, 0.25) is 5.95 Å². The van der Waals surface area contributed by atoms with E-state index in [1.807, 2.05) is 13.0 Å². The number of nitrogen functional groups attached to an aromatic ring is 1. The molecule has 8 nitrogen and oxygen atoms in total. The fraction of sp³-hybridized carbons (Fsp3) is 0.143. The monoisotopic (exact) mass is 425 g/mol. The van der Waals surface area contributed by atoms with Gasteiger partial charge in [-0.1, -0.05) is 34.5 Å². The van der Waals surface area contributed by atoms with E-state index in [1.165, 1.54) is 29.2 Å². The lowest BCUT2D eigenvalue weighted by molar-refractivity contribution is 0.368. The first-order chi connectivity index (χ1) is 12.5. The Morgan fingerprint density at radius 3 is 2.73 bits per heavy atom. The number of halogens is 2. The van der Waals surface area contributed by atoms with Crippen molar-refractivity contribution in [1.82, 2.24) is 25.1 Å². The minimum Gasteiger partial charge on any atom is -0.477 e. The Morgan fingerprint density at radius 1 is 1.23 bits per heavy atom. The van der Waals surface area contributed by atoms with Gasteiger partial charge in [-0.2, -0.15) is 15.2 Å². The van der Waals surface area contributed by atoms with Gasteiger partial charge in [-0.3, -0.25) is 0 Å². The molecule has 0 spiro atoms. The fourth-order valence-electron chi connectivity index (χ4n) is 1.86. The van der Waals surface area contributed by atoms with Crippen molar-refractivity contribution in [2.75, 3.05) is 12.3 Å². The molecule has 0 saturated carbocycles. The summed E-state index contributed by atoms with van der Waals surface area (Å²) in [7, 11) is 0. The molecule has 0 bridgehead atoms. The Morgan fingerprint density at radius 2 is 2.04 bits per heavy atom. The Hall–Kier alpha value is -2.19. The van der Waals surface area contributed by atoms with Gasteiger partial charge in [0.25, 0.3) is 0 Å². The lowest BCUT2D eigenvalue weighted by atomic mass is 10.2. The van der Waals surface area contributed by atoms with Crippen molar-refractivity contribution in [2.45, 2.75) is 16.4 Å². The second kappa shape index (κ2) is 8.01. The number of ether oxygens (including phenoxy) is 1. The summed E-state index contributed by atoms with van der Waals surface area (Å²) in [6.45, 7) is 1.70. The number of anilines is 1. The second-order valence-electron chi connectivity index (χ2n) is 4.70. The first-order valence-electron chi connectivity index (χ1n) is 6.95. The Balaban J connectivity index is 1.99. The zero-order chi connectivity index (χ0) is 18.7. The van der Waals surface area contributed by atoms with Crippen LogP contribution in [0.2, 0.25) is 10.0 Å². The van der Waals surface area contributed by atoms with E-state index in [2.05, 4.69) is 25.1 Å². The number of nitriles is 1. The minimum absolute atomic E-state index is 0.0317. The third-order valence-electron chi connectivity index (χ3n) is 2.87. The molecule has 12 heteroatoms. The van der Waals surface area contributed by atoms with Crippen molar-refractivity contribution in [2.24, 2.45) is 0 Å². The highest BCUT2D eigenvalue weighted by Gasteiger charge is 2.16. The highest BCUT2D eigenvalue weighted by Crippen LogP contribution is 2.36. The normalized spacial score (nSPS) is 10.5. The molecule has 2 N–H and O–H groups in total. The maximum absolute atomic E-state index is 8.67. The van der Waals surface area contributed by atoms with E-state index < -0.39 is 0 Å². The van der Waals surface area contributed by atoms with Crippen LogP contribution >= 0.6 is 46.3 Å². The Kier molecular flexibility index (Phi) is 5.73. The van der Waals surface area contributed by atoms with Crippen molar-refractivity contribution < 1.29 is 4.74 Å². The molecule has 0 amide bonds. The third kappa shape index (κ3) is 4.31. The summed E-state index contributed by atoms with van der Waals surface area (Å²) in [5, 5.41) is 18.4. The van der Waals surface area contributed by atoms with Crippen molar-refractivity contribution in [3.05, 3.63) is 27.2 Å². The molecule has 0 atom stereocenters. The number of aromatic nitrogens is 5. The standard InChI is InChI=1S/C14H9Cl2N7OS2/c1-6-22-23-14(25-6)26-13-20-11(19-12(18)21-13)7-4-10(24-3-2-17)9(16)5-8(7)15/h4-5H,3H2,1H3,(H2,18,19,20,21). The number of aryl methyl sites for hydroxylation is 1. The fourth-order valence-corrected chi connectivity index (χ4v) is 4.06. The lowest BCUT2D eigenvalue weighted by Gasteiger charge is -2.10. The van der Waals surface area contributed by atoms with E-state index in [-0.39, 0.29) is 23.4 Å². The van der Waals surface area contributed by atoms with Crippen molar-refractivity contribution >= 4 is 52.2 Å². The lowest BCUT2D eigenvalue weighted by Crippen LogP contribution is -2.02. The molecular weight excluding hydrogens is 417 g/mol. The van der Waals surface area contributed by atoms with E-state index in [0.29, 0.717) is 25.8 Å². The van der Waals surface area contributed by atoms with Crippen LogP contribution in [0.3, 0.4) is 0 Å². The molecule has 0 radical (unpaired) electrons. The highest BCUT2D eigenvalue weighted by atomic mass is 35.5. The summed E-state index contributed by atoms with van der Waals surface area (Å²) < 4.78 is 5.97. The van der Waals surface area contributed by atoms with Gasteiger partial charge in [0.1, 0.15) is 16.8 Å². The summed E-state index contributed by atoms with van der Waals surface area (Å²) in [4.78, 5) is 12.6. The van der Waals surface area contributed by atoms with Crippen LogP contribution in [0.5, 0.6) is 5.75 Å². The summed E-state index contributed by atoms with van der Waals surface area (Å²) in [6.07, 6.45) is 0.